The Hall–Kier alpha value is -1.43. The molecule has 0 saturated carbocycles. The summed E-state index contributed by atoms with van der Waals surface area (Å²) in [5.41, 5.74) is 2.11. The molecule has 0 aliphatic heterocycles. The van der Waals surface area contributed by atoms with E-state index in [2.05, 4.69) is 26.6 Å². The van der Waals surface area contributed by atoms with Gasteiger partial charge in [0, 0.05) is 10.0 Å². The molecule has 6 heteroatoms. The normalized spacial score (nSPS) is 10.0. The molecule has 2 rings (SSSR count). The molecule has 0 aromatic heterocycles. The Morgan fingerprint density at radius 3 is 2.62 bits per heavy atom. The quantitative estimate of drug-likeness (QED) is 0.748. The van der Waals surface area contributed by atoms with E-state index in [-0.39, 0.29) is 11.0 Å². The van der Waals surface area contributed by atoms with Gasteiger partial charge in [-0.3, -0.25) is 10.1 Å². The highest BCUT2D eigenvalue weighted by atomic mass is 79.9. The van der Waals surface area contributed by atoms with Gasteiger partial charge in [0.05, 0.1) is 10.7 Å². The smallest absolute Gasteiger partial charge is 0.257 e. The fourth-order valence-electron chi connectivity index (χ4n) is 1.74. The summed E-state index contributed by atoms with van der Waals surface area (Å²) in [6.45, 7) is 1.87. The monoisotopic (exact) mass is 382 g/mol. The van der Waals surface area contributed by atoms with Crippen LogP contribution in [0.4, 0.5) is 5.69 Å². The molecule has 1 amide bonds. The van der Waals surface area contributed by atoms with Crippen molar-refractivity contribution in [3.05, 3.63) is 63.1 Å². The number of halogens is 2. The van der Waals surface area contributed by atoms with Crippen molar-refractivity contribution < 1.29 is 4.79 Å². The number of rotatable bonds is 2. The van der Waals surface area contributed by atoms with Crippen LogP contribution in [0.1, 0.15) is 15.9 Å². The van der Waals surface area contributed by atoms with Crippen molar-refractivity contribution in [2.24, 2.45) is 0 Å². The predicted octanol–water partition coefficient (Wildman–Crippen LogP) is 4.54. The number of aryl methyl sites for hydroxylation is 1. The third-order valence-corrected chi connectivity index (χ3v) is 3.81. The Bertz CT molecular complexity index is 706. The van der Waals surface area contributed by atoms with Crippen LogP contribution in [0.25, 0.3) is 0 Å². The lowest BCUT2D eigenvalue weighted by Gasteiger charge is -2.12. The molecule has 0 bridgehead atoms. The summed E-state index contributed by atoms with van der Waals surface area (Å²) in [7, 11) is 0. The van der Waals surface area contributed by atoms with E-state index >= 15 is 0 Å². The van der Waals surface area contributed by atoms with E-state index in [0.29, 0.717) is 16.3 Å². The van der Waals surface area contributed by atoms with Crippen molar-refractivity contribution in [2.45, 2.75) is 6.92 Å². The summed E-state index contributed by atoms with van der Waals surface area (Å²) < 4.78 is 0.868. The fraction of sp³-hybridized carbons (Fsp3) is 0.0667. The van der Waals surface area contributed by atoms with E-state index in [1.807, 2.05) is 31.2 Å². The molecule has 0 atom stereocenters. The topological polar surface area (TPSA) is 41.1 Å². The molecule has 2 aromatic rings. The lowest BCUT2D eigenvalue weighted by atomic mass is 10.1. The first-order chi connectivity index (χ1) is 9.97. The van der Waals surface area contributed by atoms with Crippen LogP contribution >= 0.6 is 39.7 Å². The Balaban J connectivity index is 2.05. The molecule has 0 fully saturated rings. The molecule has 0 aliphatic rings. The molecule has 0 unspecified atom stereocenters. The van der Waals surface area contributed by atoms with Gasteiger partial charge in [0.2, 0.25) is 0 Å². The number of amides is 1. The maximum atomic E-state index is 12.1. The van der Waals surface area contributed by atoms with E-state index in [9.17, 15) is 4.79 Å². The minimum absolute atomic E-state index is 0.201. The summed E-state index contributed by atoms with van der Waals surface area (Å²) in [6.07, 6.45) is 0. The van der Waals surface area contributed by atoms with E-state index in [0.717, 1.165) is 10.0 Å². The van der Waals surface area contributed by atoms with Crippen LogP contribution in [0.5, 0.6) is 0 Å². The lowest BCUT2D eigenvalue weighted by molar-refractivity contribution is 0.0977. The molecule has 0 saturated heterocycles. The highest BCUT2D eigenvalue weighted by Crippen LogP contribution is 2.25. The molecule has 0 heterocycles. The Morgan fingerprint density at radius 2 is 1.95 bits per heavy atom. The zero-order valence-corrected chi connectivity index (χ0v) is 14.3. The second-order valence-electron chi connectivity index (χ2n) is 4.35. The van der Waals surface area contributed by atoms with Gasteiger partial charge in [-0.2, -0.15) is 0 Å². The molecular formula is C15H12BrClN2OS. The highest BCUT2D eigenvalue weighted by molar-refractivity contribution is 9.10. The number of carbonyl (C=O) groups is 1. The van der Waals surface area contributed by atoms with Gasteiger partial charge in [0.25, 0.3) is 5.91 Å². The lowest BCUT2D eigenvalue weighted by Crippen LogP contribution is -2.34. The number of carbonyl (C=O) groups excluding carboxylic acids is 1. The number of thiocarbonyl (C=S) groups is 1. The average Bonchev–Trinajstić information content (AvgIpc) is 2.42. The highest BCUT2D eigenvalue weighted by Gasteiger charge is 2.11. The SMILES string of the molecule is Cc1ccccc1C(=O)NC(=S)Nc1ccc(Br)cc1Cl. The average molecular weight is 384 g/mol. The molecule has 0 radical (unpaired) electrons. The van der Waals surface area contributed by atoms with Gasteiger partial charge >= 0.3 is 0 Å². The Labute approximate surface area is 141 Å². The predicted molar refractivity (Wildman–Crippen MR) is 94.0 cm³/mol. The molecule has 21 heavy (non-hydrogen) atoms. The van der Waals surface area contributed by atoms with Crippen molar-refractivity contribution in [3.8, 4) is 0 Å². The number of nitrogens with one attached hydrogen (secondary N) is 2. The fourth-order valence-corrected chi connectivity index (χ4v) is 2.67. The molecule has 3 nitrogen and oxygen atoms in total. The van der Waals surface area contributed by atoms with Crippen molar-refractivity contribution in [2.75, 3.05) is 5.32 Å². The standard InChI is InChI=1S/C15H12BrClN2OS/c1-9-4-2-3-5-11(9)14(20)19-15(21)18-13-7-6-10(16)8-12(13)17/h2-8H,1H3,(H2,18,19,20,21). The van der Waals surface area contributed by atoms with Gasteiger partial charge in [0.1, 0.15) is 0 Å². The van der Waals surface area contributed by atoms with Crippen molar-refractivity contribution in [3.63, 3.8) is 0 Å². The van der Waals surface area contributed by atoms with E-state index in [1.54, 1.807) is 18.2 Å². The van der Waals surface area contributed by atoms with Gasteiger partial charge < -0.3 is 5.32 Å². The van der Waals surface area contributed by atoms with E-state index in [1.165, 1.54) is 0 Å². The molecule has 0 spiro atoms. The summed E-state index contributed by atoms with van der Waals surface area (Å²) in [6, 6.07) is 12.7. The second kappa shape index (κ2) is 7.02. The molecule has 108 valence electrons. The van der Waals surface area contributed by atoms with Gasteiger partial charge in [-0.15, -0.1) is 0 Å². The van der Waals surface area contributed by atoms with Crippen LogP contribution in [0.2, 0.25) is 5.02 Å². The van der Waals surface area contributed by atoms with Crippen LogP contribution in [-0.4, -0.2) is 11.0 Å². The van der Waals surface area contributed by atoms with Gasteiger partial charge in [-0.25, -0.2) is 0 Å². The van der Waals surface area contributed by atoms with Gasteiger partial charge in [-0.1, -0.05) is 45.7 Å². The van der Waals surface area contributed by atoms with Gasteiger partial charge in [-0.05, 0) is 49.0 Å². The van der Waals surface area contributed by atoms with Crippen molar-refractivity contribution in [1.29, 1.82) is 0 Å². The molecular weight excluding hydrogens is 372 g/mol. The molecule has 2 aromatic carbocycles. The Kier molecular flexibility index (Phi) is 5.33. The number of hydrogen-bond donors (Lipinski definition) is 2. The second-order valence-corrected chi connectivity index (χ2v) is 6.08. The van der Waals surface area contributed by atoms with E-state index < -0.39 is 0 Å². The maximum Gasteiger partial charge on any atom is 0.257 e. The van der Waals surface area contributed by atoms with Gasteiger partial charge in [0.15, 0.2) is 5.11 Å². The van der Waals surface area contributed by atoms with Crippen LogP contribution in [0.3, 0.4) is 0 Å². The van der Waals surface area contributed by atoms with Crippen molar-refractivity contribution >= 4 is 56.5 Å². The summed E-state index contributed by atoms with van der Waals surface area (Å²) in [4.78, 5) is 12.1. The summed E-state index contributed by atoms with van der Waals surface area (Å²) in [5, 5.41) is 6.26. The number of benzene rings is 2. The van der Waals surface area contributed by atoms with E-state index in [4.69, 9.17) is 23.8 Å². The van der Waals surface area contributed by atoms with Crippen LogP contribution in [-0.2, 0) is 0 Å². The zero-order valence-electron chi connectivity index (χ0n) is 11.1. The van der Waals surface area contributed by atoms with Crippen LogP contribution in [0.15, 0.2) is 46.9 Å². The summed E-state index contributed by atoms with van der Waals surface area (Å²) in [5.74, 6) is -0.251. The number of hydrogen-bond acceptors (Lipinski definition) is 2. The molecule has 2 N–H and O–H groups in total. The minimum atomic E-state index is -0.251. The largest absolute Gasteiger partial charge is 0.331 e. The van der Waals surface area contributed by atoms with Crippen LogP contribution < -0.4 is 10.6 Å². The number of anilines is 1. The Morgan fingerprint density at radius 1 is 1.24 bits per heavy atom. The zero-order chi connectivity index (χ0) is 15.4. The first-order valence-corrected chi connectivity index (χ1v) is 7.68. The molecule has 0 aliphatic carbocycles. The first-order valence-electron chi connectivity index (χ1n) is 6.10. The van der Waals surface area contributed by atoms with Crippen molar-refractivity contribution in [1.82, 2.24) is 5.32 Å². The summed E-state index contributed by atoms with van der Waals surface area (Å²) >= 11 is 14.5. The first kappa shape index (κ1) is 15.9. The third-order valence-electron chi connectivity index (χ3n) is 2.80. The maximum absolute atomic E-state index is 12.1. The van der Waals surface area contributed by atoms with Crippen LogP contribution in [0, 0.1) is 6.92 Å². The minimum Gasteiger partial charge on any atom is -0.331 e. The third kappa shape index (κ3) is 4.27.